The number of nitrogens with one attached hydrogen (secondary N) is 1. The van der Waals surface area contributed by atoms with Crippen molar-refractivity contribution < 1.29 is 36.6 Å². The van der Waals surface area contributed by atoms with Gasteiger partial charge in [0.1, 0.15) is 0 Å². The van der Waals surface area contributed by atoms with E-state index in [0.717, 1.165) is 35.7 Å². The maximum Gasteiger partial charge on any atom is 0.416 e. The Balaban J connectivity index is 1.75. The molecule has 43 heavy (non-hydrogen) atoms. The summed E-state index contributed by atoms with van der Waals surface area (Å²) < 4.78 is 69.0. The van der Waals surface area contributed by atoms with Crippen LogP contribution in [0.4, 0.5) is 13.2 Å². The van der Waals surface area contributed by atoms with Crippen molar-refractivity contribution in [1.82, 2.24) is 9.62 Å². The van der Waals surface area contributed by atoms with Crippen molar-refractivity contribution in [2.24, 2.45) is 0 Å². The van der Waals surface area contributed by atoms with Crippen LogP contribution in [-0.2, 0) is 33.8 Å². The number of aliphatic hydroxyl groups is 1. The van der Waals surface area contributed by atoms with Crippen molar-refractivity contribution in [2.75, 3.05) is 20.1 Å². The average molecular weight is 621 g/mol. The molecule has 0 bridgehead atoms. The van der Waals surface area contributed by atoms with Gasteiger partial charge in [-0.15, -0.1) is 0 Å². The summed E-state index contributed by atoms with van der Waals surface area (Å²) in [5.41, 5.74) is 0.492. The van der Waals surface area contributed by atoms with Crippen LogP contribution in [0, 0.1) is 0 Å². The SMILES string of the molecule is CN(CC(O)CNC(C)(C)CCCc1ccccc1)S(=O)(=O)c1ccc(C(F)(F)F)cc1-c1cccc(CCC(=O)O)c1. The van der Waals surface area contributed by atoms with E-state index in [1.54, 1.807) is 12.1 Å². The zero-order valence-electron chi connectivity index (χ0n) is 24.6. The van der Waals surface area contributed by atoms with Gasteiger partial charge in [-0.2, -0.15) is 17.5 Å². The number of aliphatic hydroxyl groups excluding tert-OH is 1. The van der Waals surface area contributed by atoms with E-state index in [2.05, 4.69) is 17.4 Å². The third-order valence-corrected chi connectivity index (χ3v) is 9.14. The molecule has 3 aromatic carbocycles. The van der Waals surface area contributed by atoms with Crippen LogP contribution in [0.3, 0.4) is 0 Å². The number of nitrogens with zero attached hydrogens (tertiary/aromatic N) is 1. The number of benzene rings is 3. The number of sulfonamides is 1. The Labute approximate surface area is 251 Å². The first kappa shape index (κ1) is 34.2. The highest BCUT2D eigenvalue weighted by Crippen LogP contribution is 2.37. The number of aryl methyl sites for hydroxylation is 2. The topological polar surface area (TPSA) is 107 Å². The fourth-order valence-corrected chi connectivity index (χ4v) is 6.19. The minimum Gasteiger partial charge on any atom is -0.481 e. The molecular formula is C32H39F3N2O5S. The molecule has 0 aliphatic carbocycles. The third-order valence-electron chi connectivity index (χ3n) is 7.25. The summed E-state index contributed by atoms with van der Waals surface area (Å²) in [5.74, 6) is -1.03. The van der Waals surface area contributed by atoms with E-state index in [0.29, 0.717) is 11.6 Å². The Bertz CT molecular complexity index is 1480. The third kappa shape index (κ3) is 10.2. The van der Waals surface area contributed by atoms with E-state index in [4.69, 9.17) is 5.11 Å². The minimum atomic E-state index is -4.71. The Kier molecular flexibility index (Phi) is 11.5. The summed E-state index contributed by atoms with van der Waals surface area (Å²) in [6.07, 6.45) is -3.19. The van der Waals surface area contributed by atoms with E-state index >= 15 is 0 Å². The second-order valence-electron chi connectivity index (χ2n) is 11.3. The van der Waals surface area contributed by atoms with Crippen molar-refractivity contribution in [3.63, 3.8) is 0 Å². The maximum absolute atomic E-state index is 13.6. The predicted molar refractivity (Wildman–Crippen MR) is 160 cm³/mol. The molecule has 0 radical (unpaired) electrons. The normalized spacial score (nSPS) is 13.3. The van der Waals surface area contributed by atoms with Gasteiger partial charge >= 0.3 is 12.1 Å². The molecule has 0 aromatic heterocycles. The largest absolute Gasteiger partial charge is 0.481 e. The van der Waals surface area contributed by atoms with Gasteiger partial charge in [0.15, 0.2) is 0 Å². The van der Waals surface area contributed by atoms with E-state index in [1.807, 2.05) is 32.0 Å². The van der Waals surface area contributed by atoms with Gasteiger partial charge in [0, 0.05) is 37.7 Å². The predicted octanol–water partition coefficient (Wildman–Crippen LogP) is 5.76. The number of carboxylic acid groups (broad SMARTS) is 1. The number of β-amino-alcohol motifs (C(OH)–C–C–N with tert-alkyl or cyclic N) is 1. The van der Waals surface area contributed by atoms with Gasteiger partial charge in [0.05, 0.1) is 16.6 Å². The molecule has 0 fully saturated rings. The standard InChI is InChI=1S/C32H39F3N2O5S/c1-31(2,18-8-12-23-9-5-4-6-10-23)36-21-27(38)22-37(3)43(41,42)29-16-15-26(32(33,34)35)20-28(29)25-13-7-11-24(19-25)14-17-30(39)40/h4-7,9-11,13,15-16,19-20,27,36,38H,8,12,14,17-18,21-22H2,1-3H3,(H,39,40). The summed E-state index contributed by atoms with van der Waals surface area (Å²) in [6.45, 7) is 3.84. The highest BCUT2D eigenvalue weighted by molar-refractivity contribution is 7.89. The Morgan fingerprint density at radius 2 is 1.63 bits per heavy atom. The number of halogens is 3. The first-order chi connectivity index (χ1) is 20.1. The van der Waals surface area contributed by atoms with E-state index in [-0.39, 0.29) is 47.5 Å². The summed E-state index contributed by atoms with van der Waals surface area (Å²) in [4.78, 5) is 10.7. The fraction of sp³-hybridized carbons (Fsp3) is 0.406. The van der Waals surface area contributed by atoms with Gasteiger partial charge in [-0.05, 0) is 74.4 Å². The molecule has 0 saturated heterocycles. The molecule has 3 rings (SSSR count). The summed E-state index contributed by atoms with van der Waals surface area (Å²) in [5, 5.41) is 23.0. The van der Waals surface area contributed by atoms with Crippen LogP contribution in [0.15, 0.2) is 77.7 Å². The van der Waals surface area contributed by atoms with Crippen LogP contribution >= 0.6 is 0 Å². The molecule has 1 atom stereocenters. The Morgan fingerprint density at radius 1 is 0.953 bits per heavy atom. The molecule has 0 aliphatic heterocycles. The molecule has 3 N–H and O–H groups in total. The van der Waals surface area contributed by atoms with Crippen LogP contribution < -0.4 is 5.32 Å². The van der Waals surface area contributed by atoms with Crippen LogP contribution in [0.5, 0.6) is 0 Å². The van der Waals surface area contributed by atoms with Gasteiger partial charge < -0.3 is 15.5 Å². The van der Waals surface area contributed by atoms with Crippen molar-refractivity contribution in [3.05, 3.63) is 89.5 Å². The quantitative estimate of drug-likeness (QED) is 0.200. The van der Waals surface area contributed by atoms with Crippen molar-refractivity contribution >= 4 is 16.0 Å². The number of hydrogen-bond acceptors (Lipinski definition) is 5. The number of carboxylic acids is 1. The van der Waals surface area contributed by atoms with Gasteiger partial charge in [-0.1, -0.05) is 54.6 Å². The molecule has 1 unspecified atom stereocenters. The summed E-state index contributed by atoms with van der Waals surface area (Å²) in [7, 11) is -3.06. The van der Waals surface area contributed by atoms with E-state index in [1.165, 1.54) is 24.7 Å². The fourth-order valence-electron chi connectivity index (χ4n) is 4.79. The molecule has 11 heteroatoms. The van der Waals surface area contributed by atoms with Gasteiger partial charge in [0.25, 0.3) is 0 Å². The van der Waals surface area contributed by atoms with Gasteiger partial charge in [-0.25, -0.2) is 8.42 Å². The smallest absolute Gasteiger partial charge is 0.416 e. The molecule has 234 valence electrons. The zero-order valence-corrected chi connectivity index (χ0v) is 25.4. The number of aliphatic carboxylic acids is 1. The lowest BCUT2D eigenvalue weighted by Gasteiger charge is -2.29. The number of hydrogen-bond donors (Lipinski definition) is 3. The number of likely N-dealkylation sites (N-methyl/N-ethyl adjacent to an activating group) is 1. The monoisotopic (exact) mass is 620 g/mol. The highest BCUT2D eigenvalue weighted by atomic mass is 32.2. The molecule has 0 aliphatic rings. The lowest BCUT2D eigenvalue weighted by molar-refractivity contribution is -0.138. The maximum atomic E-state index is 13.6. The lowest BCUT2D eigenvalue weighted by atomic mass is 9.95. The van der Waals surface area contributed by atoms with Crippen molar-refractivity contribution in [1.29, 1.82) is 0 Å². The van der Waals surface area contributed by atoms with Crippen LogP contribution in [0.25, 0.3) is 11.1 Å². The first-order valence-electron chi connectivity index (χ1n) is 14.0. The van der Waals surface area contributed by atoms with Crippen molar-refractivity contribution in [3.8, 4) is 11.1 Å². The molecule has 7 nitrogen and oxygen atoms in total. The molecule has 0 heterocycles. The van der Waals surface area contributed by atoms with E-state index in [9.17, 15) is 31.5 Å². The van der Waals surface area contributed by atoms with Gasteiger partial charge in [0.2, 0.25) is 10.0 Å². The second-order valence-corrected chi connectivity index (χ2v) is 13.4. The van der Waals surface area contributed by atoms with Crippen molar-refractivity contribution in [2.45, 2.75) is 68.7 Å². The average Bonchev–Trinajstić information content (AvgIpc) is 2.95. The van der Waals surface area contributed by atoms with Gasteiger partial charge in [-0.3, -0.25) is 4.79 Å². The number of alkyl halides is 3. The number of rotatable bonds is 15. The van der Waals surface area contributed by atoms with Crippen LogP contribution in [-0.4, -0.2) is 60.7 Å². The zero-order chi connectivity index (χ0) is 31.8. The van der Waals surface area contributed by atoms with Crippen LogP contribution in [0.1, 0.15) is 49.8 Å². The molecule has 0 saturated carbocycles. The molecule has 0 spiro atoms. The first-order valence-corrected chi connectivity index (χ1v) is 15.5. The minimum absolute atomic E-state index is 0.115. The molecular weight excluding hydrogens is 581 g/mol. The van der Waals surface area contributed by atoms with E-state index < -0.39 is 33.8 Å². The Hall–Kier alpha value is -3.25. The second kappa shape index (κ2) is 14.5. The molecule has 3 aromatic rings. The summed E-state index contributed by atoms with van der Waals surface area (Å²) in [6, 6.07) is 18.7. The summed E-state index contributed by atoms with van der Waals surface area (Å²) >= 11 is 0. The number of carbonyl (C=O) groups is 1. The lowest BCUT2D eigenvalue weighted by Crippen LogP contribution is -2.46. The Morgan fingerprint density at radius 3 is 2.28 bits per heavy atom. The highest BCUT2D eigenvalue weighted by Gasteiger charge is 2.34. The molecule has 0 amide bonds. The van der Waals surface area contributed by atoms with Crippen LogP contribution in [0.2, 0.25) is 0 Å².